The highest BCUT2D eigenvalue weighted by molar-refractivity contribution is 4.61. The summed E-state index contributed by atoms with van der Waals surface area (Å²) >= 11 is 0. The van der Waals surface area contributed by atoms with Gasteiger partial charge in [0.05, 0.1) is 0 Å². The fraction of sp³-hybridized carbons (Fsp3) is 1.00. The zero-order chi connectivity index (χ0) is 16.5. The first kappa shape index (κ1) is 21.9. The van der Waals surface area contributed by atoms with Crippen molar-refractivity contribution in [2.45, 2.75) is 110 Å². The Bertz CT molecular complexity index is 215. The molecule has 0 radical (unpaired) electrons. The first-order valence-corrected chi connectivity index (χ1v) is 9.75. The van der Waals surface area contributed by atoms with Crippen molar-refractivity contribution in [2.24, 2.45) is 5.73 Å². The van der Waals surface area contributed by atoms with Crippen LogP contribution in [0.5, 0.6) is 0 Å². The van der Waals surface area contributed by atoms with Gasteiger partial charge in [-0.05, 0) is 20.3 Å². The quantitative estimate of drug-likeness (QED) is 0.274. The Morgan fingerprint density at radius 2 is 0.955 bits per heavy atom. The largest absolute Gasteiger partial charge is 0.338 e. The second-order valence-electron chi connectivity index (χ2n) is 6.32. The van der Waals surface area contributed by atoms with E-state index in [1.807, 2.05) is 13.8 Å². The highest BCUT2D eigenvalue weighted by Crippen LogP contribution is 2.17. The molecule has 0 fully saturated rings. The van der Waals surface area contributed by atoms with Crippen LogP contribution in [0.25, 0.3) is 0 Å². The van der Waals surface area contributed by atoms with Gasteiger partial charge in [0.2, 0.25) is 5.91 Å². The van der Waals surface area contributed by atoms with E-state index in [9.17, 15) is 0 Å². The molecule has 0 amide bonds. The predicted octanol–water partition coefficient (Wildman–Crippen LogP) is 5.76. The lowest BCUT2D eigenvalue weighted by molar-refractivity contribution is -0.233. The molecule has 0 aliphatic carbocycles. The van der Waals surface area contributed by atoms with Gasteiger partial charge in [0.1, 0.15) is 0 Å². The van der Waals surface area contributed by atoms with E-state index in [1.165, 1.54) is 70.6 Å². The van der Waals surface area contributed by atoms with Gasteiger partial charge >= 0.3 is 0 Å². The molecule has 3 heteroatoms. The summed E-state index contributed by atoms with van der Waals surface area (Å²) in [6.45, 7) is 7.41. The summed E-state index contributed by atoms with van der Waals surface area (Å²) < 4.78 is 11.1. The van der Waals surface area contributed by atoms with E-state index in [2.05, 4.69) is 6.92 Å². The van der Waals surface area contributed by atoms with Crippen LogP contribution in [0.3, 0.4) is 0 Å². The fourth-order valence-corrected chi connectivity index (χ4v) is 2.89. The van der Waals surface area contributed by atoms with E-state index < -0.39 is 5.91 Å². The van der Waals surface area contributed by atoms with Crippen LogP contribution in [0.4, 0.5) is 0 Å². The van der Waals surface area contributed by atoms with Crippen molar-refractivity contribution in [3.63, 3.8) is 0 Å². The monoisotopic (exact) mass is 315 g/mol. The second-order valence-corrected chi connectivity index (χ2v) is 6.32. The predicted molar refractivity (Wildman–Crippen MR) is 95.9 cm³/mol. The highest BCUT2D eigenvalue weighted by Gasteiger charge is 2.24. The topological polar surface area (TPSA) is 44.5 Å². The van der Waals surface area contributed by atoms with E-state index in [-0.39, 0.29) is 0 Å². The molecule has 0 spiro atoms. The molecule has 22 heavy (non-hydrogen) atoms. The van der Waals surface area contributed by atoms with Crippen molar-refractivity contribution >= 4 is 0 Å². The minimum absolute atomic E-state index is 0.606. The Balaban J connectivity index is 3.34. The van der Waals surface area contributed by atoms with Crippen LogP contribution < -0.4 is 5.73 Å². The molecule has 0 rings (SSSR count). The Morgan fingerprint density at radius 3 is 1.32 bits per heavy atom. The molecule has 0 aromatic carbocycles. The molecule has 0 aliphatic rings. The Hall–Kier alpha value is -0.120. The third-order valence-corrected chi connectivity index (χ3v) is 4.16. The Kier molecular flexibility index (Phi) is 15.7. The zero-order valence-electron chi connectivity index (χ0n) is 15.5. The van der Waals surface area contributed by atoms with Gasteiger partial charge in [-0.1, -0.05) is 77.6 Å². The summed E-state index contributed by atoms with van der Waals surface area (Å²) in [7, 11) is 0. The van der Waals surface area contributed by atoms with Gasteiger partial charge in [-0.2, -0.15) is 0 Å². The van der Waals surface area contributed by atoms with Crippen molar-refractivity contribution in [2.75, 3.05) is 13.2 Å². The van der Waals surface area contributed by atoms with Crippen molar-refractivity contribution in [3.05, 3.63) is 0 Å². The summed E-state index contributed by atoms with van der Waals surface area (Å²) in [6.07, 6.45) is 17.0. The minimum atomic E-state index is -0.859. The van der Waals surface area contributed by atoms with Gasteiger partial charge in [-0.15, -0.1) is 0 Å². The molecule has 0 aromatic rings. The van der Waals surface area contributed by atoms with Crippen molar-refractivity contribution in [3.8, 4) is 0 Å². The maximum atomic E-state index is 6.11. The summed E-state index contributed by atoms with van der Waals surface area (Å²) in [4.78, 5) is 0. The van der Waals surface area contributed by atoms with Crippen LogP contribution in [0.2, 0.25) is 0 Å². The summed E-state index contributed by atoms with van der Waals surface area (Å²) in [5.41, 5.74) is 6.11. The van der Waals surface area contributed by atoms with Gasteiger partial charge in [0, 0.05) is 19.6 Å². The van der Waals surface area contributed by atoms with E-state index in [0.29, 0.717) is 13.2 Å². The van der Waals surface area contributed by atoms with Crippen LogP contribution >= 0.6 is 0 Å². The van der Waals surface area contributed by atoms with Gasteiger partial charge in [-0.25, -0.2) is 0 Å². The van der Waals surface area contributed by atoms with E-state index >= 15 is 0 Å². The number of ether oxygens (including phenoxy) is 2. The number of unbranched alkanes of at least 4 members (excludes halogenated alkanes) is 11. The number of hydrogen-bond donors (Lipinski definition) is 1. The molecule has 0 unspecified atom stereocenters. The van der Waals surface area contributed by atoms with Gasteiger partial charge < -0.3 is 9.47 Å². The SMILES string of the molecule is CCCCCCCCCCCCCCC(N)(OCC)OCC. The van der Waals surface area contributed by atoms with Gasteiger partial charge in [0.25, 0.3) is 0 Å². The summed E-state index contributed by atoms with van der Waals surface area (Å²) in [5.74, 6) is -0.859. The Morgan fingerprint density at radius 1 is 0.591 bits per heavy atom. The van der Waals surface area contributed by atoms with Crippen LogP contribution in [0.15, 0.2) is 0 Å². The molecule has 0 aromatic heterocycles. The number of hydrogen-bond acceptors (Lipinski definition) is 3. The lowest BCUT2D eigenvalue weighted by Crippen LogP contribution is -2.45. The van der Waals surface area contributed by atoms with Gasteiger partial charge in [0.15, 0.2) is 0 Å². The van der Waals surface area contributed by atoms with Crippen LogP contribution in [-0.4, -0.2) is 19.1 Å². The molecular formula is C19H41NO2. The summed E-state index contributed by atoms with van der Waals surface area (Å²) in [5, 5.41) is 0. The van der Waals surface area contributed by atoms with Crippen molar-refractivity contribution in [1.82, 2.24) is 0 Å². The van der Waals surface area contributed by atoms with Crippen molar-refractivity contribution in [1.29, 1.82) is 0 Å². The second kappa shape index (κ2) is 15.8. The van der Waals surface area contributed by atoms with Crippen molar-refractivity contribution < 1.29 is 9.47 Å². The molecule has 0 atom stereocenters. The molecule has 0 heterocycles. The van der Waals surface area contributed by atoms with Crippen LogP contribution in [0.1, 0.15) is 104 Å². The average molecular weight is 316 g/mol. The third kappa shape index (κ3) is 13.5. The molecule has 0 saturated heterocycles. The standard InChI is InChI=1S/C19H41NO2/c1-4-7-8-9-10-11-12-13-14-15-16-17-18-19(20,21-5-2)22-6-3/h4-18,20H2,1-3H3. The smallest absolute Gasteiger partial charge is 0.224 e. The maximum Gasteiger partial charge on any atom is 0.224 e. The summed E-state index contributed by atoms with van der Waals surface area (Å²) in [6, 6.07) is 0. The average Bonchev–Trinajstić information content (AvgIpc) is 2.49. The normalized spacial score (nSPS) is 12.0. The minimum Gasteiger partial charge on any atom is -0.338 e. The molecular weight excluding hydrogens is 274 g/mol. The first-order valence-electron chi connectivity index (χ1n) is 9.75. The molecule has 0 bridgehead atoms. The lowest BCUT2D eigenvalue weighted by Gasteiger charge is -2.28. The molecule has 2 N–H and O–H groups in total. The van der Waals surface area contributed by atoms with E-state index in [0.717, 1.165) is 12.8 Å². The number of nitrogens with two attached hydrogens (primary N) is 1. The van der Waals surface area contributed by atoms with E-state index in [4.69, 9.17) is 15.2 Å². The molecule has 0 aliphatic heterocycles. The first-order chi connectivity index (χ1) is 10.7. The fourth-order valence-electron chi connectivity index (χ4n) is 2.89. The van der Waals surface area contributed by atoms with E-state index in [1.54, 1.807) is 0 Å². The molecule has 134 valence electrons. The third-order valence-electron chi connectivity index (χ3n) is 4.16. The molecule has 3 nitrogen and oxygen atoms in total. The lowest BCUT2D eigenvalue weighted by atomic mass is 10.0. The zero-order valence-corrected chi connectivity index (χ0v) is 15.5. The van der Waals surface area contributed by atoms with Crippen LogP contribution in [0, 0.1) is 0 Å². The molecule has 0 saturated carbocycles. The maximum absolute atomic E-state index is 6.11. The number of rotatable bonds is 17. The highest BCUT2D eigenvalue weighted by atomic mass is 16.7. The van der Waals surface area contributed by atoms with Gasteiger partial charge in [-0.3, -0.25) is 5.73 Å². The van der Waals surface area contributed by atoms with Crippen LogP contribution in [-0.2, 0) is 9.47 Å². The Labute approximate surface area is 139 Å².